The van der Waals surface area contributed by atoms with Crippen molar-refractivity contribution in [3.63, 3.8) is 0 Å². The van der Waals surface area contributed by atoms with Gasteiger partial charge in [0.1, 0.15) is 16.5 Å². The molecule has 3 N–H and O–H groups in total. The number of hydrogen-bond donors (Lipinski definition) is 2. The quantitative estimate of drug-likeness (QED) is 0.863. The first-order chi connectivity index (χ1) is 8.44. The molecule has 4 nitrogen and oxygen atoms in total. The fourth-order valence-electron chi connectivity index (χ4n) is 1.79. The van der Waals surface area contributed by atoms with Crippen molar-refractivity contribution in [1.82, 2.24) is 4.72 Å². The Morgan fingerprint density at radius 3 is 2.47 bits per heavy atom. The lowest BCUT2D eigenvalue weighted by Gasteiger charge is -2.16. The largest absolute Gasteiger partial charge is 0.329 e. The molecule has 0 aliphatic heterocycles. The first-order valence-electron chi connectivity index (χ1n) is 5.61. The van der Waals surface area contributed by atoms with Crippen molar-refractivity contribution in [1.29, 1.82) is 0 Å². The van der Waals surface area contributed by atoms with Gasteiger partial charge < -0.3 is 5.73 Å². The van der Waals surface area contributed by atoms with Gasteiger partial charge in [-0.15, -0.1) is 12.4 Å². The first-order valence-corrected chi connectivity index (χ1v) is 7.10. The van der Waals surface area contributed by atoms with Gasteiger partial charge in [-0.05, 0) is 30.9 Å². The Balaban J connectivity index is 0.00000180. The van der Waals surface area contributed by atoms with Gasteiger partial charge >= 0.3 is 0 Å². The standard InChI is InChI=1S/C11H14F2N2O2S.ClH/c12-8-3-4-11(9(13)5-8)18(16,17)15-10(6-14)7-1-2-7;/h3-5,7,10,15H,1-2,6,14H2;1H. The highest BCUT2D eigenvalue weighted by Crippen LogP contribution is 2.33. The van der Waals surface area contributed by atoms with Gasteiger partial charge in [0.15, 0.2) is 0 Å². The van der Waals surface area contributed by atoms with Crippen LogP contribution < -0.4 is 10.5 Å². The predicted molar refractivity (Wildman–Crippen MR) is 69.5 cm³/mol. The molecule has 1 aliphatic carbocycles. The summed E-state index contributed by atoms with van der Waals surface area (Å²) in [5, 5.41) is 0. The van der Waals surface area contributed by atoms with Crippen LogP contribution in [-0.4, -0.2) is 21.0 Å². The van der Waals surface area contributed by atoms with Crippen LogP contribution >= 0.6 is 12.4 Å². The Morgan fingerprint density at radius 1 is 1.37 bits per heavy atom. The number of nitrogens with one attached hydrogen (secondary N) is 1. The Morgan fingerprint density at radius 2 is 2.00 bits per heavy atom. The van der Waals surface area contributed by atoms with Crippen molar-refractivity contribution in [2.75, 3.05) is 6.54 Å². The van der Waals surface area contributed by atoms with Crippen molar-refractivity contribution < 1.29 is 17.2 Å². The van der Waals surface area contributed by atoms with Crippen LogP contribution in [0.1, 0.15) is 12.8 Å². The minimum absolute atomic E-state index is 0. The van der Waals surface area contributed by atoms with Crippen LogP contribution in [0.5, 0.6) is 0 Å². The summed E-state index contributed by atoms with van der Waals surface area (Å²) in [4.78, 5) is -0.553. The summed E-state index contributed by atoms with van der Waals surface area (Å²) >= 11 is 0. The van der Waals surface area contributed by atoms with E-state index < -0.39 is 26.6 Å². The topological polar surface area (TPSA) is 72.2 Å². The molecule has 0 heterocycles. The van der Waals surface area contributed by atoms with Gasteiger partial charge in [-0.2, -0.15) is 0 Å². The molecule has 0 spiro atoms. The van der Waals surface area contributed by atoms with E-state index in [0.29, 0.717) is 6.07 Å². The molecule has 1 aromatic rings. The second-order valence-corrected chi connectivity index (χ2v) is 6.06. The molecule has 1 aromatic carbocycles. The summed E-state index contributed by atoms with van der Waals surface area (Å²) in [6.45, 7) is 0.159. The maximum absolute atomic E-state index is 13.4. The molecule has 0 bridgehead atoms. The summed E-state index contributed by atoms with van der Waals surface area (Å²) in [6.07, 6.45) is 1.83. The third kappa shape index (κ3) is 3.85. The first kappa shape index (κ1) is 16.3. The molecule has 0 amide bonds. The average molecular weight is 313 g/mol. The maximum Gasteiger partial charge on any atom is 0.243 e. The SMILES string of the molecule is Cl.NCC(NS(=O)(=O)c1ccc(F)cc1F)C1CC1. The molecular weight excluding hydrogens is 298 g/mol. The molecule has 1 fully saturated rings. The molecule has 1 atom stereocenters. The zero-order chi connectivity index (χ0) is 13.3. The van der Waals surface area contributed by atoms with Crippen molar-refractivity contribution in [3.8, 4) is 0 Å². The lowest BCUT2D eigenvalue weighted by atomic mass is 10.2. The molecule has 8 heteroatoms. The number of rotatable bonds is 5. The zero-order valence-corrected chi connectivity index (χ0v) is 11.6. The van der Waals surface area contributed by atoms with E-state index in [4.69, 9.17) is 5.73 Å². The number of hydrogen-bond acceptors (Lipinski definition) is 3. The van der Waals surface area contributed by atoms with E-state index in [2.05, 4.69) is 4.72 Å². The van der Waals surface area contributed by atoms with Gasteiger partial charge in [0.25, 0.3) is 0 Å². The smallest absolute Gasteiger partial charge is 0.243 e. The van der Waals surface area contributed by atoms with E-state index in [0.717, 1.165) is 25.0 Å². The second kappa shape index (κ2) is 6.13. The number of halogens is 3. The van der Waals surface area contributed by atoms with Gasteiger partial charge in [-0.3, -0.25) is 0 Å². The van der Waals surface area contributed by atoms with E-state index in [-0.39, 0.29) is 30.9 Å². The highest BCUT2D eigenvalue weighted by molar-refractivity contribution is 7.89. The highest BCUT2D eigenvalue weighted by Gasteiger charge is 2.34. The molecule has 1 saturated carbocycles. The second-order valence-electron chi connectivity index (χ2n) is 4.38. The fourth-order valence-corrected chi connectivity index (χ4v) is 3.17. The van der Waals surface area contributed by atoms with Gasteiger partial charge in [0.05, 0.1) is 0 Å². The van der Waals surface area contributed by atoms with Crippen molar-refractivity contribution in [2.24, 2.45) is 11.7 Å². The van der Waals surface area contributed by atoms with Crippen LogP contribution in [0.15, 0.2) is 23.1 Å². The van der Waals surface area contributed by atoms with Crippen LogP contribution in [0.3, 0.4) is 0 Å². The van der Waals surface area contributed by atoms with Crippen molar-refractivity contribution in [2.45, 2.75) is 23.8 Å². The predicted octanol–water partition coefficient (Wildman–Crippen LogP) is 1.40. The maximum atomic E-state index is 13.4. The Hall–Kier alpha value is -0.760. The Kier molecular flexibility index (Phi) is 5.26. The van der Waals surface area contributed by atoms with E-state index in [1.165, 1.54) is 0 Å². The van der Waals surface area contributed by atoms with Crippen molar-refractivity contribution >= 4 is 22.4 Å². The number of benzene rings is 1. The summed E-state index contributed by atoms with van der Waals surface area (Å²) in [6, 6.07) is 1.97. The molecular formula is C11H15ClF2N2O2S. The van der Waals surface area contributed by atoms with E-state index in [1.54, 1.807) is 0 Å². The summed E-state index contributed by atoms with van der Waals surface area (Å²) in [7, 11) is -4.00. The lowest BCUT2D eigenvalue weighted by molar-refractivity contribution is 0.508. The van der Waals surface area contributed by atoms with Crippen LogP contribution in [-0.2, 0) is 10.0 Å². The van der Waals surface area contributed by atoms with Crippen molar-refractivity contribution in [3.05, 3.63) is 29.8 Å². The molecule has 1 aliphatic rings. The molecule has 19 heavy (non-hydrogen) atoms. The highest BCUT2D eigenvalue weighted by atomic mass is 35.5. The van der Waals surface area contributed by atoms with Gasteiger partial charge in [0.2, 0.25) is 10.0 Å². The van der Waals surface area contributed by atoms with Gasteiger partial charge in [-0.25, -0.2) is 21.9 Å². The molecule has 0 radical (unpaired) electrons. The Bertz CT molecular complexity index is 550. The lowest BCUT2D eigenvalue weighted by Crippen LogP contribution is -2.41. The van der Waals surface area contributed by atoms with Crippen LogP contribution in [0.2, 0.25) is 0 Å². The van der Waals surface area contributed by atoms with Crippen LogP contribution in [0.25, 0.3) is 0 Å². The average Bonchev–Trinajstić information content (AvgIpc) is 3.09. The minimum Gasteiger partial charge on any atom is -0.329 e. The summed E-state index contributed by atoms with van der Waals surface area (Å²) in [5.74, 6) is -1.70. The normalized spacial score (nSPS) is 16.8. The molecule has 0 aromatic heterocycles. The molecule has 2 rings (SSSR count). The fraction of sp³-hybridized carbons (Fsp3) is 0.455. The number of sulfonamides is 1. The third-order valence-corrected chi connectivity index (χ3v) is 4.46. The third-order valence-electron chi connectivity index (χ3n) is 2.93. The summed E-state index contributed by atoms with van der Waals surface area (Å²) in [5.41, 5.74) is 5.48. The zero-order valence-electron chi connectivity index (χ0n) is 9.97. The van der Waals surface area contributed by atoms with E-state index in [9.17, 15) is 17.2 Å². The Labute approximate surface area is 116 Å². The van der Waals surface area contributed by atoms with Gasteiger partial charge in [0, 0.05) is 18.7 Å². The number of nitrogens with two attached hydrogens (primary N) is 1. The molecule has 1 unspecified atom stereocenters. The molecule has 0 saturated heterocycles. The molecule has 108 valence electrons. The minimum atomic E-state index is -4.00. The van der Waals surface area contributed by atoms with E-state index >= 15 is 0 Å². The van der Waals surface area contributed by atoms with E-state index in [1.807, 2.05) is 0 Å². The van der Waals surface area contributed by atoms with Crippen LogP contribution in [0, 0.1) is 17.6 Å². The van der Waals surface area contributed by atoms with Crippen LogP contribution in [0.4, 0.5) is 8.78 Å². The monoisotopic (exact) mass is 312 g/mol. The summed E-state index contributed by atoms with van der Waals surface area (Å²) < 4.78 is 52.4. The van der Waals surface area contributed by atoms with Gasteiger partial charge in [-0.1, -0.05) is 0 Å².